The average Bonchev–Trinajstić information content (AvgIpc) is 2.90. The van der Waals surface area contributed by atoms with Crippen molar-refractivity contribution in [3.8, 4) is 0 Å². The van der Waals surface area contributed by atoms with Crippen LogP contribution in [0.5, 0.6) is 0 Å². The molecule has 3 nitrogen and oxygen atoms in total. The molecule has 0 spiro atoms. The fourth-order valence-electron chi connectivity index (χ4n) is 2.18. The van der Waals surface area contributed by atoms with Crippen molar-refractivity contribution in [3.05, 3.63) is 23.2 Å². The second-order valence-electron chi connectivity index (χ2n) is 4.87. The van der Waals surface area contributed by atoms with Crippen LogP contribution in [0.3, 0.4) is 0 Å². The van der Waals surface area contributed by atoms with Crippen molar-refractivity contribution in [3.63, 3.8) is 0 Å². The summed E-state index contributed by atoms with van der Waals surface area (Å²) < 4.78 is 4.12. The quantitative estimate of drug-likeness (QED) is 0.486. The third kappa shape index (κ3) is 5.83. The van der Waals surface area contributed by atoms with Gasteiger partial charge in [-0.25, -0.2) is 0 Å². The highest BCUT2D eigenvalue weighted by Gasteiger charge is 2.17. The van der Waals surface area contributed by atoms with Gasteiger partial charge >= 0.3 is 0 Å². The fraction of sp³-hybridized carbons (Fsp3) is 0.733. The molecule has 0 aliphatic rings. The van der Waals surface area contributed by atoms with E-state index in [9.17, 15) is 0 Å². The van der Waals surface area contributed by atoms with E-state index >= 15 is 0 Å². The molecule has 1 heterocycles. The number of unbranched alkanes of at least 4 members (excludes halogenated alkanes) is 3. The van der Waals surface area contributed by atoms with Gasteiger partial charge in [0.15, 0.2) is 0 Å². The van der Waals surface area contributed by atoms with Crippen molar-refractivity contribution in [1.29, 1.82) is 0 Å². The molecule has 0 amide bonds. The van der Waals surface area contributed by atoms with Gasteiger partial charge in [-0.3, -0.25) is 0 Å². The summed E-state index contributed by atoms with van der Waals surface area (Å²) >= 11 is 1.56. The van der Waals surface area contributed by atoms with Crippen molar-refractivity contribution >= 4 is 11.5 Å². The highest BCUT2D eigenvalue weighted by atomic mass is 32.1. The van der Waals surface area contributed by atoms with E-state index in [1.54, 1.807) is 11.5 Å². The molecule has 1 unspecified atom stereocenters. The first-order valence-electron chi connectivity index (χ1n) is 7.48. The predicted molar refractivity (Wildman–Crippen MR) is 83.6 cm³/mol. The molecule has 0 fully saturated rings. The van der Waals surface area contributed by atoms with Gasteiger partial charge in [0.2, 0.25) is 0 Å². The van der Waals surface area contributed by atoms with Crippen LogP contribution in [0.1, 0.15) is 69.0 Å². The van der Waals surface area contributed by atoms with Gasteiger partial charge in [0, 0.05) is 6.04 Å². The molecule has 19 heavy (non-hydrogen) atoms. The number of aromatic nitrogens is 2. The second-order valence-corrected chi connectivity index (χ2v) is 5.66. The van der Waals surface area contributed by atoms with Gasteiger partial charge in [-0.2, -0.15) is 0 Å². The van der Waals surface area contributed by atoms with Gasteiger partial charge < -0.3 is 5.32 Å². The van der Waals surface area contributed by atoms with Crippen LogP contribution in [0.25, 0.3) is 0 Å². The van der Waals surface area contributed by atoms with E-state index in [1.165, 1.54) is 42.7 Å². The fourth-order valence-corrected chi connectivity index (χ4v) is 3.03. The Bertz CT molecular complexity index is 349. The smallest absolute Gasteiger partial charge is 0.0800 e. The Morgan fingerprint density at radius 1 is 1.32 bits per heavy atom. The Balaban J connectivity index is 2.49. The van der Waals surface area contributed by atoms with Crippen LogP contribution in [-0.4, -0.2) is 16.1 Å². The van der Waals surface area contributed by atoms with Crippen LogP contribution < -0.4 is 5.32 Å². The molecule has 1 N–H and O–H groups in total. The SMILES string of the molecule is C=CCCCCCC(NCCC)c1snnc1CC. The first-order chi connectivity index (χ1) is 9.33. The van der Waals surface area contributed by atoms with Gasteiger partial charge in [0.05, 0.1) is 10.6 Å². The van der Waals surface area contributed by atoms with E-state index in [2.05, 4.69) is 35.3 Å². The standard InChI is InChI=1S/C15H27N3S/c1-4-7-8-9-10-11-14(16-12-5-2)15-13(6-3)17-18-19-15/h4,14,16H,1,5-12H2,2-3H3. The van der Waals surface area contributed by atoms with Crippen LogP contribution in [0, 0.1) is 0 Å². The Hall–Kier alpha value is -0.740. The molecular weight excluding hydrogens is 254 g/mol. The lowest BCUT2D eigenvalue weighted by atomic mass is 10.0. The van der Waals surface area contributed by atoms with Crippen LogP contribution >= 0.6 is 11.5 Å². The zero-order valence-electron chi connectivity index (χ0n) is 12.3. The lowest BCUT2D eigenvalue weighted by Crippen LogP contribution is -2.22. The normalized spacial score (nSPS) is 12.5. The number of rotatable bonds is 11. The van der Waals surface area contributed by atoms with E-state index in [4.69, 9.17) is 0 Å². The maximum atomic E-state index is 4.24. The van der Waals surface area contributed by atoms with E-state index in [0.29, 0.717) is 6.04 Å². The Labute approximate surface area is 121 Å². The summed E-state index contributed by atoms with van der Waals surface area (Å²) in [4.78, 5) is 1.35. The summed E-state index contributed by atoms with van der Waals surface area (Å²) in [6.07, 6.45) is 10.3. The lowest BCUT2D eigenvalue weighted by Gasteiger charge is -2.17. The van der Waals surface area contributed by atoms with E-state index < -0.39 is 0 Å². The van der Waals surface area contributed by atoms with Gasteiger partial charge in [0.1, 0.15) is 0 Å². The number of allylic oxidation sites excluding steroid dienone is 1. The number of hydrogen-bond acceptors (Lipinski definition) is 4. The van der Waals surface area contributed by atoms with Gasteiger partial charge in [0.25, 0.3) is 0 Å². The topological polar surface area (TPSA) is 37.8 Å². The van der Waals surface area contributed by atoms with Crippen molar-refractivity contribution in [2.24, 2.45) is 0 Å². The first kappa shape index (κ1) is 16.3. The molecule has 1 atom stereocenters. The molecule has 0 saturated carbocycles. The number of aryl methyl sites for hydroxylation is 1. The zero-order valence-corrected chi connectivity index (χ0v) is 13.1. The van der Waals surface area contributed by atoms with E-state index in [-0.39, 0.29) is 0 Å². The maximum Gasteiger partial charge on any atom is 0.0800 e. The third-order valence-electron chi connectivity index (χ3n) is 3.28. The van der Waals surface area contributed by atoms with Crippen LogP contribution in [0.4, 0.5) is 0 Å². The molecule has 108 valence electrons. The number of nitrogens with zero attached hydrogens (tertiary/aromatic N) is 2. The Kier molecular flexibility index (Phi) is 8.67. The summed E-state index contributed by atoms with van der Waals surface area (Å²) in [5.74, 6) is 0. The summed E-state index contributed by atoms with van der Waals surface area (Å²) in [6.45, 7) is 9.20. The highest BCUT2D eigenvalue weighted by Crippen LogP contribution is 2.26. The molecule has 0 saturated heterocycles. The summed E-state index contributed by atoms with van der Waals surface area (Å²) in [6, 6.07) is 0.443. The summed E-state index contributed by atoms with van der Waals surface area (Å²) in [7, 11) is 0. The first-order valence-corrected chi connectivity index (χ1v) is 8.26. The van der Waals surface area contributed by atoms with Gasteiger partial charge in [-0.15, -0.1) is 11.7 Å². The Morgan fingerprint density at radius 3 is 2.84 bits per heavy atom. The molecule has 0 aromatic carbocycles. The minimum absolute atomic E-state index is 0.443. The summed E-state index contributed by atoms with van der Waals surface area (Å²) in [5.41, 5.74) is 1.17. The zero-order chi connectivity index (χ0) is 13.9. The molecule has 0 aliphatic heterocycles. The van der Waals surface area contributed by atoms with Crippen molar-refractivity contribution in [2.75, 3.05) is 6.54 Å². The molecule has 4 heteroatoms. The Morgan fingerprint density at radius 2 is 2.16 bits per heavy atom. The predicted octanol–water partition coefficient (Wildman–Crippen LogP) is 4.28. The average molecular weight is 281 g/mol. The number of hydrogen-bond donors (Lipinski definition) is 1. The van der Waals surface area contributed by atoms with Crippen LogP contribution in [-0.2, 0) is 6.42 Å². The van der Waals surface area contributed by atoms with E-state index in [1.807, 2.05) is 6.08 Å². The molecule has 1 aromatic heterocycles. The molecule has 0 radical (unpaired) electrons. The van der Waals surface area contributed by atoms with Crippen LogP contribution in [0.2, 0.25) is 0 Å². The maximum absolute atomic E-state index is 4.24. The third-order valence-corrected chi connectivity index (χ3v) is 4.16. The molecule has 0 aliphatic carbocycles. The second kappa shape index (κ2) is 10.1. The molecule has 0 bridgehead atoms. The minimum atomic E-state index is 0.443. The highest BCUT2D eigenvalue weighted by molar-refractivity contribution is 7.05. The van der Waals surface area contributed by atoms with E-state index in [0.717, 1.165) is 19.4 Å². The minimum Gasteiger partial charge on any atom is -0.309 e. The lowest BCUT2D eigenvalue weighted by molar-refractivity contribution is 0.475. The van der Waals surface area contributed by atoms with Crippen LogP contribution in [0.15, 0.2) is 12.7 Å². The molecular formula is C15H27N3S. The van der Waals surface area contributed by atoms with Crippen molar-refractivity contribution < 1.29 is 0 Å². The number of nitrogens with one attached hydrogen (secondary N) is 1. The molecule has 1 rings (SSSR count). The van der Waals surface area contributed by atoms with Crippen molar-refractivity contribution in [1.82, 2.24) is 14.9 Å². The summed E-state index contributed by atoms with van der Waals surface area (Å²) in [5, 5.41) is 7.88. The van der Waals surface area contributed by atoms with Gasteiger partial charge in [-0.05, 0) is 50.2 Å². The molecule has 1 aromatic rings. The van der Waals surface area contributed by atoms with Crippen molar-refractivity contribution in [2.45, 2.75) is 64.8 Å². The monoisotopic (exact) mass is 281 g/mol. The largest absolute Gasteiger partial charge is 0.309 e. The van der Waals surface area contributed by atoms with Gasteiger partial charge in [-0.1, -0.05) is 37.3 Å².